The van der Waals surface area contributed by atoms with Gasteiger partial charge in [-0.2, -0.15) is 0 Å². The number of rotatable bonds is 14. The molecule has 0 fully saturated rings. The highest BCUT2D eigenvalue weighted by Gasteiger charge is 2.10. The zero-order valence-electron chi connectivity index (χ0n) is 22.6. The molecule has 2 aromatic carbocycles. The number of aliphatic imine (C=N–C) groups is 2. The second kappa shape index (κ2) is 15.4. The molecule has 0 N–H and O–H groups in total. The van der Waals surface area contributed by atoms with E-state index in [2.05, 4.69) is 90.1 Å². The Morgan fingerprint density at radius 1 is 0.618 bits per heavy atom. The molecule has 0 saturated heterocycles. The fourth-order valence-corrected chi connectivity index (χ4v) is 4.03. The average molecular weight is 459 g/mol. The number of hydrogen-bond donors (Lipinski definition) is 0. The fraction of sp³-hybridized carbons (Fsp3) is 0.500. The summed E-state index contributed by atoms with van der Waals surface area (Å²) in [7, 11) is 0. The van der Waals surface area contributed by atoms with E-state index in [-0.39, 0.29) is 0 Å². The van der Waals surface area contributed by atoms with Crippen LogP contribution >= 0.6 is 0 Å². The Balaban J connectivity index is 2.62. The molecule has 34 heavy (non-hydrogen) atoms. The molecule has 2 nitrogen and oxygen atoms in total. The van der Waals surface area contributed by atoms with Crippen LogP contribution in [0.5, 0.6) is 0 Å². The van der Waals surface area contributed by atoms with Gasteiger partial charge in [0.1, 0.15) is 0 Å². The minimum atomic E-state index is 0.944. The lowest BCUT2D eigenvalue weighted by molar-refractivity contribution is 0.815. The molecular formula is C32H46N2. The van der Waals surface area contributed by atoms with Crippen LogP contribution in [0.3, 0.4) is 0 Å². The summed E-state index contributed by atoms with van der Waals surface area (Å²) in [4.78, 5) is 10.4. The minimum absolute atomic E-state index is 0.944. The summed E-state index contributed by atoms with van der Waals surface area (Å²) in [5, 5.41) is 0. The molecule has 0 unspecified atom stereocenters. The van der Waals surface area contributed by atoms with E-state index in [0.29, 0.717) is 0 Å². The predicted molar refractivity (Wildman–Crippen MR) is 153 cm³/mol. The Hall–Kier alpha value is -2.48. The van der Waals surface area contributed by atoms with Crippen molar-refractivity contribution in [1.29, 1.82) is 0 Å². The van der Waals surface area contributed by atoms with Crippen LogP contribution in [0.2, 0.25) is 0 Å². The van der Waals surface area contributed by atoms with Gasteiger partial charge in [-0.3, -0.25) is 4.99 Å². The maximum atomic E-state index is 5.23. The zero-order valence-corrected chi connectivity index (χ0v) is 22.6. The normalized spacial score (nSPS) is 12.6. The highest BCUT2D eigenvalue weighted by molar-refractivity contribution is 6.47. The number of unbranched alkanes of at least 4 members (excludes halogenated alkanes) is 3. The average Bonchev–Trinajstić information content (AvgIpc) is 2.87. The van der Waals surface area contributed by atoms with Gasteiger partial charge in [0.25, 0.3) is 0 Å². The van der Waals surface area contributed by atoms with E-state index in [9.17, 15) is 0 Å². The van der Waals surface area contributed by atoms with Crippen molar-refractivity contribution in [1.82, 2.24) is 0 Å². The number of hydrogen-bond acceptors (Lipinski definition) is 2. The van der Waals surface area contributed by atoms with Gasteiger partial charge in [-0.25, -0.2) is 4.99 Å². The summed E-state index contributed by atoms with van der Waals surface area (Å²) in [5.41, 5.74) is 9.64. The predicted octanol–water partition coefficient (Wildman–Crippen LogP) is 9.72. The highest BCUT2D eigenvalue weighted by atomic mass is 14.8. The van der Waals surface area contributed by atoms with E-state index in [4.69, 9.17) is 9.98 Å². The van der Waals surface area contributed by atoms with Crippen molar-refractivity contribution in [3.8, 4) is 0 Å². The third kappa shape index (κ3) is 9.05. The standard InChI is InChI=1S/C32H46N2/c1-7-13-15-16-18-32(34-30-23-27(11-5)20-28(12-6)24-30)31(17-14-8-2)33-29-21-25(9-3)19-26(10-4)22-29/h16,18-24H,7-15,17H2,1-6H3/b18-16+,33-31?,34-32?. The molecule has 184 valence electrons. The van der Waals surface area contributed by atoms with E-state index in [1.165, 1.54) is 35.1 Å². The highest BCUT2D eigenvalue weighted by Crippen LogP contribution is 2.23. The summed E-state index contributed by atoms with van der Waals surface area (Å²) in [5.74, 6) is 0. The van der Waals surface area contributed by atoms with Crippen LogP contribution in [0, 0.1) is 0 Å². The lowest BCUT2D eigenvalue weighted by Crippen LogP contribution is -2.12. The summed E-state index contributed by atoms with van der Waals surface area (Å²) in [6, 6.07) is 13.6. The number of allylic oxidation sites excluding steroid dienone is 2. The van der Waals surface area contributed by atoms with Gasteiger partial charge >= 0.3 is 0 Å². The van der Waals surface area contributed by atoms with Crippen molar-refractivity contribution in [2.24, 2.45) is 9.98 Å². The quantitative estimate of drug-likeness (QED) is 0.199. The Labute approximate surface area is 209 Å². The van der Waals surface area contributed by atoms with E-state index < -0.39 is 0 Å². The molecule has 0 atom stereocenters. The Bertz CT molecular complexity index is 934. The van der Waals surface area contributed by atoms with Crippen molar-refractivity contribution in [3.05, 3.63) is 70.8 Å². The first-order valence-corrected chi connectivity index (χ1v) is 13.6. The third-order valence-electron chi connectivity index (χ3n) is 6.28. The van der Waals surface area contributed by atoms with Gasteiger partial charge in [0.05, 0.1) is 22.8 Å². The van der Waals surface area contributed by atoms with Crippen molar-refractivity contribution >= 4 is 22.8 Å². The van der Waals surface area contributed by atoms with Gasteiger partial charge in [-0.1, -0.05) is 79.0 Å². The summed E-state index contributed by atoms with van der Waals surface area (Å²) >= 11 is 0. The molecule has 0 aliphatic rings. The van der Waals surface area contributed by atoms with Crippen molar-refractivity contribution in [2.75, 3.05) is 0 Å². The molecule has 0 radical (unpaired) electrons. The van der Waals surface area contributed by atoms with Gasteiger partial charge < -0.3 is 0 Å². The molecule has 2 rings (SSSR count). The number of benzene rings is 2. The van der Waals surface area contributed by atoms with Gasteiger partial charge in [0, 0.05) is 0 Å². The molecular weight excluding hydrogens is 412 g/mol. The van der Waals surface area contributed by atoms with Gasteiger partial charge in [0.2, 0.25) is 0 Å². The molecule has 0 aliphatic carbocycles. The van der Waals surface area contributed by atoms with Gasteiger partial charge in [-0.15, -0.1) is 0 Å². The molecule has 2 heteroatoms. The molecule has 0 aliphatic heterocycles. The van der Waals surface area contributed by atoms with Crippen LogP contribution in [0.4, 0.5) is 11.4 Å². The topological polar surface area (TPSA) is 24.7 Å². The second-order valence-corrected chi connectivity index (χ2v) is 9.13. The van der Waals surface area contributed by atoms with Crippen LogP contribution in [0.1, 0.15) is 102 Å². The first-order chi connectivity index (χ1) is 16.6. The fourth-order valence-electron chi connectivity index (χ4n) is 4.03. The lowest BCUT2D eigenvalue weighted by atomic mass is 10.0. The van der Waals surface area contributed by atoms with Gasteiger partial charge in [0.15, 0.2) is 0 Å². The molecule has 0 aromatic heterocycles. The third-order valence-corrected chi connectivity index (χ3v) is 6.28. The van der Waals surface area contributed by atoms with E-state index in [1.807, 2.05) is 0 Å². The molecule has 0 bridgehead atoms. The van der Waals surface area contributed by atoms with Crippen molar-refractivity contribution in [2.45, 2.75) is 106 Å². The van der Waals surface area contributed by atoms with E-state index >= 15 is 0 Å². The summed E-state index contributed by atoms with van der Waals surface area (Å²) in [6.07, 6.45) is 15.3. The SMILES string of the molecule is CCCC/C=C/C(=Nc1cc(CC)cc(CC)c1)C(CCCC)=Nc1cc(CC)cc(CC)c1. The second-order valence-electron chi connectivity index (χ2n) is 9.13. The van der Waals surface area contributed by atoms with Crippen LogP contribution in [0.25, 0.3) is 0 Å². The van der Waals surface area contributed by atoms with Gasteiger partial charge in [-0.05, 0) is 97.5 Å². The van der Waals surface area contributed by atoms with Crippen LogP contribution < -0.4 is 0 Å². The summed E-state index contributed by atoms with van der Waals surface area (Å²) in [6.45, 7) is 13.4. The Kier molecular flexibility index (Phi) is 12.6. The smallest absolute Gasteiger partial charge is 0.0848 e. The summed E-state index contributed by atoms with van der Waals surface area (Å²) < 4.78 is 0. The first kappa shape index (κ1) is 27.8. The van der Waals surface area contributed by atoms with Crippen LogP contribution in [-0.2, 0) is 25.7 Å². The maximum Gasteiger partial charge on any atom is 0.0848 e. The van der Waals surface area contributed by atoms with Crippen LogP contribution in [-0.4, -0.2) is 11.4 Å². The number of aryl methyl sites for hydroxylation is 4. The molecule has 0 heterocycles. The van der Waals surface area contributed by atoms with Crippen LogP contribution in [0.15, 0.2) is 58.5 Å². The largest absolute Gasteiger partial charge is 0.251 e. The number of nitrogens with zero attached hydrogens (tertiary/aromatic N) is 2. The van der Waals surface area contributed by atoms with E-state index in [0.717, 1.165) is 74.2 Å². The monoisotopic (exact) mass is 458 g/mol. The molecule has 0 spiro atoms. The van der Waals surface area contributed by atoms with Crippen molar-refractivity contribution in [3.63, 3.8) is 0 Å². The Morgan fingerprint density at radius 3 is 1.53 bits per heavy atom. The molecule has 0 saturated carbocycles. The molecule has 2 aromatic rings. The minimum Gasteiger partial charge on any atom is -0.251 e. The zero-order chi connectivity index (χ0) is 24.8. The van der Waals surface area contributed by atoms with Crippen molar-refractivity contribution < 1.29 is 0 Å². The first-order valence-electron chi connectivity index (χ1n) is 13.6. The Morgan fingerprint density at radius 2 is 1.09 bits per heavy atom. The lowest BCUT2D eigenvalue weighted by Gasteiger charge is -2.11. The molecule has 0 amide bonds. The maximum absolute atomic E-state index is 5.23. The van der Waals surface area contributed by atoms with E-state index in [1.54, 1.807) is 0 Å².